The minimum Gasteiger partial charge on any atom is -0.467 e. The first-order valence-corrected chi connectivity index (χ1v) is 8.21. The van der Waals surface area contributed by atoms with Crippen LogP contribution in [0, 0.1) is 0 Å². The molecular weight excluding hydrogens is 338 g/mol. The molecule has 2 aromatic rings. The van der Waals surface area contributed by atoms with Crippen LogP contribution in [0.5, 0.6) is 11.5 Å². The lowest BCUT2D eigenvalue weighted by atomic mass is 9.96. The molecule has 26 heavy (non-hydrogen) atoms. The van der Waals surface area contributed by atoms with E-state index in [1.54, 1.807) is 29.4 Å². The van der Waals surface area contributed by atoms with Gasteiger partial charge in [0.1, 0.15) is 5.76 Å². The largest absolute Gasteiger partial charge is 0.467 e. The van der Waals surface area contributed by atoms with E-state index >= 15 is 0 Å². The number of benzene rings is 1. The van der Waals surface area contributed by atoms with Crippen LogP contribution in [0.3, 0.4) is 0 Å². The van der Waals surface area contributed by atoms with Gasteiger partial charge in [-0.2, -0.15) is 0 Å². The summed E-state index contributed by atoms with van der Waals surface area (Å²) >= 11 is 0. The fraction of sp³-hybridized carbons (Fsp3) is 0.222. The summed E-state index contributed by atoms with van der Waals surface area (Å²) in [7, 11) is 0. The molecule has 0 radical (unpaired) electrons. The number of carbonyl (C=O) groups excluding carboxylic acids is 2. The Morgan fingerprint density at radius 1 is 1.15 bits per heavy atom. The molecule has 0 bridgehead atoms. The minimum atomic E-state index is -0.539. The Bertz CT molecular complexity index is 934. The molecule has 0 saturated heterocycles. The van der Waals surface area contributed by atoms with E-state index in [1.165, 1.54) is 0 Å². The van der Waals surface area contributed by atoms with E-state index < -0.39 is 6.04 Å². The van der Waals surface area contributed by atoms with E-state index in [0.717, 1.165) is 5.56 Å². The summed E-state index contributed by atoms with van der Waals surface area (Å²) in [6.07, 6.45) is 1.57. The number of ether oxygens (including phenoxy) is 2. The molecule has 2 N–H and O–H groups in total. The fourth-order valence-corrected chi connectivity index (χ4v) is 3.49. The Morgan fingerprint density at radius 3 is 2.88 bits per heavy atom. The molecule has 8 nitrogen and oxygen atoms in total. The van der Waals surface area contributed by atoms with Crippen LogP contribution in [0.2, 0.25) is 0 Å². The van der Waals surface area contributed by atoms with Crippen LogP contribution in [0.4, 0.5) is 4.79 Å². The van der Waals surface area contributed by atoms with E-state index in [-0.39, 0.29) is 18.7 Å². The van der Waals surface area contributed by atoms with Crippen molar-refractivity contribution in [3.8, 4) is 11.5 Å². The van der Waals surface area contributed by atoms with Gasteiger partial charge in [0.15, 0.2) is 11.5 Å². The van der Waals surface area contributed by atoms with Crippen LogP contribution in [0.1, 0.15) is 17.4 Å². The quantitative estimate of drug-likeness (QED) is 0.875. The predicted molar refractivity (Wildman–Crippen MR) is 88.1 cm³/mol. The maximum absolute atomic E-state index is 13.0. The SMILES string of the molecule is O=C1NC2=C(C(=O)N(Cc3ccco3)C2)[C@@H](c2ccc3c(c2)OCO3)N1. The average Bonchev–Trinajstić information content (AvgIpc) is 3.35. The predicted octanol–water partition coefficient (Wildman–Crippen LogP) is 1.66. The summed E-state index contributed by atoms with van der Waals surface area (Å²) in [6.45, 7) is 0.854. The van der Waals surface area contributed by atoms with Crippen LogP contribution >= 0.6 is 0 Å². The van der Waals surface area contributed by atoms with Gasteiger partial charge < -0.3 is 29.4 Å². The molecule has 0 saturated carbocycles. The second-order valence-corrected chi connectivity index (χ2v) is 6.28. The highest BCUT2D eigenvalue weighted by atomic mass is 16.7. The molecule has 3 amide bonds. The third-order valence-corrected chi connectivity index (χ3v) is 4.68. The van der Waals surface area contributed by atoms with E-state index in [4.69, 9.17) is 13.9 Å². The molecule has 0 fully saturated rings. The molecule has 5 rings (SSSR count). The first kappa shape index (κ1) is 14.9. The first-order valence-electron chi connectivity index (χ1n) is 8.21. The summed E-state index contributed by atoms with van der Waals surface area (Å²) in [5.74, 6) is 1.82. The molecule has 0 spiro atoms. The van der Waals surface area contributed by atoms with Gasteiger partial charge in [0.25, 0.3) is 5.91 Å². The molecule has 0 aliphatic carbocycles. The van der Waals surface area contributed by atoms with Crippen molar-refractivity contribution >= 4 is 11.9 Å². The second kappa shape index (κ2) is 5.55. The summed E-state index contributed by atoms with van der Waals surface area (Å²) < 4.78 is 16.1. The fourth-order valence-electron chi connectivity index (χ4n) is 3.49. The standard InChI is InChI=1S/C18H15N3O5/c22-17-15-12(8-21(17)7-11-2-1-5-24-11)19-18(23)20-16(15)10-3-4-13-14(6-10)26-9-25-13/h1-6,16H,7-9H2,(H2,19,20,23)/t16-/m1/s1. The van der Waals surface area contributed by atoms with Crippen molar-refractivity contribution in [1.82, 2.24) is 15.5 Å². The maximum atomic E-state index is 13.0. The second-order valence-electron chi connectivity index (χ2n) is 6.28. The lowest BCUT2D eigenvalue weighted by molar-refractivity contribution is -0.126. The van der Waals surface area contributed by atoms with Crippen LogP contribution < -0.4 is 20.1 Å². The number of hydrogen-bond donors (Lipinski definition) is 2. The summed E-state index contributed by atoms with van der Waals surface area (Å²) in [5, 5.41) is 5.58. The Morgan fingerprint density at radius 2 is 2.04 bits per heavy atom. The summed E-state index contributed by atoms with van der Waals surface area (Å²) in [4.78, 5) is 26.7. The third kappa shape index (κ3) is 2.30. The zero-order valence-electron chi connectivity index (χ0n) is 13.7. The zero-order chi connectivity index (χ0) is 17.7. The van der Waals surface area contributed by atoms with E-state index in [9.17, 15) is 9.59 Å². The van der Waals surface area contributed by atoms with Crippen molar-refractivity contribution in [2.24, 2.45) is 0 Å². The summed E-state index contributed by atoms with van der Waals surface area (Å²) in [6, 6.07) is 8.13. The molecule has 4 heterocycles. The van der Waals surface area contributed by atoms with Crippen molar-refractivity contribution in [2.45, 2.75) is 12.6 Å². The van der Waals surface area contributed by atoms with Gasteiger partial charge in [-0.15, -0.1) is 0 Å². The van der Waals surface area contributed by atoms with E-state index in [0.29, 0.717) is 41.6 Å². The number of rotatable bonds is 3. The molecular formula is C18H15N3O5. The summed E-state index contributed by atoms with van der Waals surface area (Å²) in [5.41, 5.74) is 1.92. The van der Waals surface area contributed by atoms with Crippen LogP contribution in [0.25, 0.3) is 0 Å². The highest BCUT2D eigenvalue weighted by Crippen LogP contribution is 2.38. The third-order valence-electron chi connectivity index (χ3n) is 4.68. The highest BCUT2D eigenvalue weighted by Gasteiger charge is 2.40. The number of hydrogen-bond acceptors (Lipinski definition) is 5. The van der Waals surface area contributed by atoms with Gasteiger partial charge in [-0.3, -0.25) is 4.79 Å². The Hall–Kier alpha value is -3.42. The van der Waals surface area contributed by atoms with Crippen LogP contribution in [-0.2, 0) is 11.3 Å². The van der Waals surface area contributed by atoms with Gasteiger partial charge in [0, 0.05) is 0 Å². The van der Waals surface area contributed by atoms with Gasteiger partial charge in [-0.1, -0.05) is 6.07 Å². The number of urea groups is 1. The number of amides is 3. The van der Waals surface area contributed by atoms with Crippen LogP contribution in [0.15, 0.2) is 52.3 Å². The van der Waals surface area contributed by atoms with Gasteiger partial charge in [0.2, 0.25) is 6.79 Å². The lowest BCUT2D eigenvalue weighted by Crippen LogP contribution is -2.44. The number of nitrogens with zero attached hydrogens (tertiary/aromatic N) is 1. The van der Waals surface area contributed by atoms with Gasteiger partial charge in [0.05, 0.1) is 36.7 Å². The lowest BCUT2D eigenvalue weighted by Gasteiger charge is -2.25. The van der Waals surface area contributed by atoms with E-state index in [1.807, 2.05) is 12.1 Å². The number of carbonyl (C=O) groups is 2. The number of furan rings is 1. The van der Waals surface area contributed by atoms with Crippen molar-refractivity contribution in [3.05, 3.63) is 59.2 Å². The molecule has 1 atom stereocenters. The highest BCUT2D eigenvalue weighted by molar-refractivity contribution is 6.01. The van der Waals surface area contributed by atoms with E-state index in [2.05, 4.69) is 10.6 Å². The molecule has 3 aliphatic rings. The topological polar surface area (TPSA) is 93.0 Å². The van der Waals surface area contributed by atoms with Crippen molar-refractivity contribution in [3.63, 3.8) is 0 Å². The Balaban J connectivity index is 1.47. The Kier molecular flexibility index (Phi) is 3.18. The molecule has 8 heteroatoms. The Labute approximate surface area is 148 Å². The molecule has 1 aromatic carbocycles. The van der Waals surface area contributed by atoms with Crippen LogP contribution in [-0.4, -0.2) is 30.2 Å². The average molecular weight is 353 g/mol. The number of nitrogens with one attached hydrogen (secondary N) is 2. The zero-order valence-corrected chi connectivity index (χ0v) is 13.7. The molecule has 1 aromatic heterocycles. The van der Waals surface area contributed by atoms with Gasteiger partial charge in [-0.05, 0) is 29.8 Å². The van der Waals surface area contributed by atoms with Gasteiger partial charge in [-0.25, -0.2) is 4.79 Å². The monoisotopic (exact) mass is 353 g/mol. The van der Waals surface area contributed by atoms with Crippen molar-refractivity contribution < 1.29 is 23.5 Å². The van der Waals surface area contributed by atoms with Gasteiger partial charge >= 0.3 is 6.03 Å². The molecule has 132 valence electrons. The van der Waals surface area contributed by atoms with Crippen molar-refractivity contribution in [1.29, 1.82) is 0 Å². The minimum absolute atomic E-state index is 0.133. The number of fused-ring (bicyclic) bond motifs is 1. The normalized spacial score (nSPS) is 20.9. The smallest absolute Gasteiger partial charge is 0.319 e. The molecule has 3 aliphatic heterocycles. The first-order chi connectivity index (χ1) is 12.7. The molecule has 0 unspecified atom stereocenters. The van der Waals surface area contributed by atoms with Crippen molar-refractivity contribution in [2.75, 3.05) is 13.3 Å². The maximum Gasteiger partial charge on any atom is 0.319 e.